The molecule has 0 amide bonds. The fourth-order valence-electron chi connectivity index (χ4n) is 2.73. The van der Waals surface area contributed by atoms with Crippen molar-refractivity contribution in [2.75, 3.05) is 6.61 Å². The summed E-state index contributed by atoms with van der Waals surface area (Å²) in [6, 6.07) is 16.4. The molecule has 3 aromatic rings. The van der Waals surface area contributed by atoms with Crippen LogP contribution in [0.1, 0.15) is 12.5 Å². The second-order valence-electron chi connectivity index (χ2n) is 5.62. The molecule has 0 unspecified atom stereocenters. The minimum atomic E-state index is -0.564. The second kappa shape index (κ2) is 7.70. The van der Waals surface area contributed by atoms with Crippen LogP contribution in [0.5, 0.6) is 11.6 Å². The Labute approximate surface area is 151 Å². The smallest absolute Gasteiger partial charge is 0.396 e. The SMILES string of the molecule is C=CCOc1ccccc1-c1oc(=O)c(CC)c(O)[n+]1-c1ccccc1. The molecule has 3 rings (SSSR count). The van der Waals surface area contributed by atoms with Crippen molar-refractivity contribution in [2.24, 2.45) is 0 Å². The van der Waals surface area contributed by atoms with Gasteiger partial charge in [-0.1, -0.05) is 54.5 Å². The van der Waals surface area contributed by atoms with E-state index in [9.17, 15) is 9.90 Å². The largest absolute Gasteiger partial charge is 0.489 e. The Hall–Kier alpha value is -3.34. The first-order valence-electron chi connectivity index (χ1n) is 8.36. The Morgan fingerprint density at radius 3 is 2.54 bits per heavy atom. The highest BCUT2D eigenvalue weighted by atomic mass is 16.5. The molecular weight excluding hydrogens is 330 g/mol. The second-order valence-corrected chi connectivity index (χ2v) is 5.62. The van der Waals surface area contributed by atoms with Crippen LogP contribution in [0.2, 0.25) is 0 Å². The maximum absolute atomic E-state index is 12.4. The average Bonchev–Trinajstić information content (AvgIpc) is 2.67. The van der Waals surface area contributed by atoms with E-state index >= 15 is 0 Å². The van der Waals surface area contributed by atoms with E-state index in [-0.39, 0.29) is 17.3 Å². The number of ether oxygens (including phenoxy) is 1. The molecule has 0 bridgehead atoms. The predicted octanol–water partition coefficient (Wildman–Crippen LogP) is 3.42. The highest BCUT2D eigenvalue weighted by Crippen LogP contribution is 2.29. The summed E-state index contributed by atoms with van der Waals surface area (Å²) in [5.74, 6) is 0.600. The molecule has 0 fully saturated rings. The van der Waals surface area contributed by atoms with E-state index in [1.165, 1.54) is 4.57 Å². The van der Waals surface area contributed by atoms with Crippen LogP contribution in [-0.2, 0) is 6.42 Å². The van der Waals surface area contributed by atoms with Crippen molar-refractivity contribution in [2.45, 2.75) is 13.3 Å². The van der Waals surface area contributed by atoms with E-state index in [1.54, 1.807) is 25.1 Å². The third kappa shape index (κ3) is 3.24. The van der Waals surface area contributed by atoms with Crippen LogP contribution < -0.4 is 14.9 Å². The Morgan fingerprint density at radius 2 is 1.85 bits per heavy atom. The van der Waals surface area contributed by atoms with Gasteiger partial charge in [-0.25, -0.2) is 4.79 Å². The molecule has 1 aromatic heterocycles. The Kier molecular flexibility index (Phi) is 5.17. The lowest BCUT2D eigenvalue weighted by molar-refractivity contribution is -0.604. The van der Waals surface area contributed by atoms with Crippen LogP contribution in [0.3, 0.4) is 0 Å². The number of aromatic nitrogens is 1. The number of nitrogens with zero attached hydrogens (tertiary/aromatic N) is 1. The van der Waals surface area contributed by atoms with Gasteiger partial charge in [0.25, 0.3) is 0 Å². The van der Waals surface area contributed by atoms with Crippen molar-refractivity contribution in [3.63, 3.8) is 0 Å². The van der Waals surface area contributed by atoms with Crippen LogP contribution >= 0.6 is 0 Å². The summed E-state index contributed by atoms with van der Waals surface area (Å²) >= 11 is 0. The number of para-hydroxylation sites is 2. The van der Waals surface area contributed by atoms with Crippen molar-refractivity contribution >= 4 is 0 Å². The number of rotatable bonds is 6. The quantitative estimate of drug-likeness (QED) is 0.547. The summed E-state index contributed by atoms with van der Waals surface area (Å²) in [7, 11) is 0. The lowest BCUT2D eigenvalue weighted by atomic mass is 10.1. The molecule has 0 spiro atoms. The summed E-state index contributed by atoms with van der Waals surface area (Å²) in [5, 5.41) is 10.8. The molecule has 0 aliphatic carbocycles. The molecule has 5 nitrogen and oxygen atoms in total. The van der Waals surface area contributed by atoms with E-state index < -0.39 is 5.63 Å². The summed E-state index contributed by atoms with van der Waals surface area (Å²) in [6.45, 7) is 5.76. The number of hydrogen-bond donors (Lipinski definition) is 1. The third-order valence-corrected chi connectivity index (χ3v) is 3.96. The Balaban J connectivity index is 2.32. The molecule has 132 valence electrons. The first-order valence-corrected chi connectivity index (χ1v) is 8.36. The summed E-state index contributed by atoms with van der Waals surface area (Å²) in [5.41, 5.74) is 0.901. The molecule has 5 heteroatoms. The Morgan fingerprint density at radius 1 is 1.15 bits per heavy atom. The topological polar surface area (TPSA) is 63.6 Å². The van der Waals surface area contributed by atoms with Gasteiger partial charge >= 0.3 is 17.4 Å². The maximum atomic E-state index is 12.4. The molecule has 2 aromatic carbocycles. The van der Waals surface area contributed by atoms with Gasteiger partial charge in [0.1, 0.15) is 23.5 Å². The molecule has 0 saturated carbocycles. The first-order chi connectivity index (χ1) is 12.7. The summed E-state index contributed by atoms with van der Waals surface area (Å²) < 4.78 is 12.8. The van der Waals surface area contributed by atoms with Gasteiger partial charge < -0.3 is 14.3 Å². The van der Waals surface area contributed by atoms with E-state index in [2.05, 4.69) is 6.58 Å². The monoisotopic (exact) mass is 350 g/mol. The van der Waals surface area contributed by atoms with Crippen molar-refractivity contribution in [3.8, 4) is 28.8 Å². The standard InChI is InChI=1S/C21H19NO4/c1-3-14-25-18-13-9-8-12-17(18)20-22(15-10-6-5-7-11-15)19(23)16(4-2)21(24)26-20/h3,5-13H,1,4,14H2,2H3/p+1. The third-order valence-electron chi connectivity index (χ3n) is 3.96. The minimum Gasteiger partial charge on any atom is -0.489 e. The molecule has 0 atom stereocenters. The molecule has 0 aliphatic rings. The molecule has 1 heterocycles. The van der Waals surface area contributed by atoms with E-state index in [0.29, 0.717) is 30.0 Å². The van der Waals surface area contributed by atoms with Crippen LogP contribution in [0, 0.1) is 0 Å². The zero-order valence-electron chi connectivity index (χ0n) is 14.5. The fourth-order valence-corrected chi connectivity index (χ4v) is 2.73. The predicted molar refractivity (Wildman–Crippen MR) is 98.7 cm³/mol. The Bertz CT molecular complexity index is 977. The van der Waals surface area contributed by atoms with E-state index in [1.807, 2.05) is 42.5 Å². The molecule has 0 radical (unpaired) electrons. The first kappa shape index (κ1) is 17.5. The van der Waals surface area contributed by atoms with Gasteiger partial charge in [-0.05, 0) is 18.6 Å². The van der Waals surface area contributed by atoms with E-state index in [0.717, 1.165) is 0 Å². The van der Waals surface area contributed by atoms with Gasteiger partial charge in [0.05, 0.1) is 0 Å². The minimum absolute atomic E-state index is 0.136. The molecule has 0 saturated heterocycles. The highest BCUT2D eigenvalue weighted by Gasteiger charge is 2.31. The van der Waals surface area contributed by atoms with Crippen LogP contribution in [0.4, 0.5) is 0 Å². The van der Waals surface area contributed by atoms with Gasteiger partial charge in [0, 0.05) is 12.1 Å². The lowest BCUT2D eigenvalue weighted by Crippen LogP contribution is -2.37. The lowest BCUT2D eigenvalue weighted by Gasteiger charge is -2.09. The fraction of sp³-hybridized carbons (Fsp3) is 0.143. The number of hydrogen-bond acceptors (Lipinski definition) is 4. The van der Waals surface area contributed by atoms with Gasteiger partial charge in [-0.2, -0.15) is 0 Å². The average molecular weight is 350 g/mol. The van der Waals surface area contributed by atoms with Crippen molar-refractivity contribution in [1.29, 1.82) is 0 Å². The number of benzene rings is 2. The van der Waals surface area contributed by atoms with Crippen molar-refractivity contribution in [1.82, 2.24) is 0 Å². The maximum Gasteiger partial charge on any atom is 0.396 e. The molecular formula is C21H20NO4+. The van der Waals surface area contributed by atoms with Gasteiger partial charge in [-0.15, -0.1) is 0 Å². The molecule has 0 aliphatic heterocycles. The molecule has 1 N–H and O–H groups in total. The zero-order chi connectivity index (χ0) is 18.5. The van der Waals surface area contributed by atoms with Crippen LogP contribution in [0.15, 0.2) is 76.5 Å². The van der Waals surface area contributed by atoms with Crippen LogP contribution in [0.25, 0.3) is 17.1 Å². The molecule has 26 heavy (non-hydrogen) atoms. The van der Waals surface area contributed by atoms with Crippen LogP contribution in [-0.4, -0.2) is 11.7 Å². The normalized spacial score (nSPS) is 10.5. The highest BCUT2D eigenvalue weighted by molar-refractivity contribution is 5.61. The van der Waals surface area contributed by atoms with Gasteiger partial charge in [0.2, 0.25) is 5.69 Å². The number of aromatic hydroxyl groups is 1. The van der Waals surface area contributed by atoms with Crippen molar-refractivity contribution in [3.05, 3.63) is 83.2 Å². The summed E-state index contributed by atoms with van der Waals surface area (Å²) in [6.07, 6.45) is 1.99. The van der Waals surface area contributed by atoms with E-state index in [4.69, 9.17) is 9.15 Å². The van der Waals surface area contributed by atoms with Gasteiger partial charge in [0.15, 0.2) is 0 Å². The van der Waals surface area contributed by atoms with Gasteiger partial charge in [-0.3, -0.25) is 0 Å². The van der Waals surface area contributed by atoms with Crippen molar-refractivity contribution < 1.29 is 18.8 Å². The summed E-state index contributed by atoms with van der Waals surface area (Å²) in [4.78, 5) is 12.4. The zero-order valence-corrected chi connectivity index (χ0v) is 14.5.